The summed E-state index contributed by atoms with van der Waals surface area (Å²) >= 11 is 0. The first-order chi connectivity index (χ1) is 20.3. The summed E-state index contributed by atoms with van der Waals surface area (Å²) in [6, 6.07) is 39.2. The van der Waals surface area contributed by atoms with E-state index in [1.807, 2.05) is 72.9 Å². The minimum absolute atomic E-state index is 0. The molecule has 0 fully saturated rings. The van der Waals surface area contributed by atoms with Gasteiger partial charge in [-0.3, -0.25) is 0 Å². The van der Waals surface area contributed by atoms with Crippen LogP contribution < -0.4 is 0 Å². The zero-order chi connectivity index (χ0) is 28.9. The maximum absolute atomic E-state index is 6.67. The summed E-state index contributed by atoms with van der Waals surface area (Å²) in [5, 5.41) is 4.80. The number of rotatable bonds is 2. The first kappa shape index (κ1) is 29.0. The van der Waals surface area contributed by atoms with Gasteiger partial charge in [-0.1, -0.05) is 87.2 Å². The fourth-order valence-corrected chi connectivity index (χ4v) is 6.94. The van der Waals surface area contributed by atoms with Crippen molar-refractivity contribution < 1.29 is 24.5 Å². The second-order valence-electron chi connectivity index (χ2n) is 12.4. The summed E-state index contributed by atoms with van der Waals surface area (Å²) < 4.78 is 6.67. The molecule has 43 heavy (non-hydrogen) atoms. The van der Waals surface area contributed by atoms with Crippen LogP contribution in [0.2, 0.25) is 0 Å². The Morgan fingerprint density at radius 3 is 2.05 bits per heavy atom. The normalized spacial score (nSPS) is 14.6. The second kappa shape index (κ2) is 11.2. The summed E-state index contributed by atoms with van der Waals surface area (Å²) in [6.45, 7) is 9.46. The summed E-state index contributed by atoms with van der Waals surface area (Å²) in [6.07, 6.45) is 4.74. The summed E-state index contributed by atoms with van der Waals surface area (Å²) in [5.74, 6) is 0. The molecule has 4 heteroatoms. The molecule has 7 aromatic rings. The number of pyridine rings is 2. The van der Waals surface area contributed by atoms with Crippen LogP contribution in [0.1, 0.15) is 45.2 Å². The van der Waals surface area contributed by atoms with E-state index in [-0.39, 0.29) is 30.9 Å². The minimum Gasteiger partial charge on any atom is -0.500 e. The summed E-state index contributed by atoms with van der Waals surface area (Å²) in [4.78, 5) is 8.76. The van der Waals surface area contributed by atoms with E-state index in [1.165, 1.54) is 21.9 Å². The average Bonchev–Trinajstić information content (AvgIpc) is 3.49. The first-order valence-electron chi connectivity index (χ1n) is 14.5. The van der Waals surface area contributed by atoms with E-state index in [4.69, 9.17) is 4.42 Å². The molecule has 3 heterocycles. The number of nitrogens with zero attached hydrogens (tertiary/aromatic N) is 2. The standard InChI is InChI=1S/C28H24NO.C11H8N.Ir/c1-27(2)16-28(3,4)24-21(27)14-12-17-11-13-19-18-8-7-9-20(22-10-5-6-15-29-22)25(18)30-26(19)23(17)24;1-2-6-10(7-3-1)11-8-4-5-9-12-11;/h5-8,10-15H,16H2,1-4H3;1-6,8-9H;/q2*-1;. The third-order valence-electron chi connectivity index (χ3n) is 8.44. The molecule has 0 N–H and O–H groups in total. The monoisotopic (exact) mass is 737 g/mol. The molecular weight excluding hydrogens is 705 g/mol. The fraction of sp³-hybridized carbons (Fsp3) is 0.179. The third kappa shape index (κ3) is 5.09. The van der Waals surface area contributed by atoms with Crippen LogP contribution in [0, 0.1) is 12.1 Å². The van der Waals surface area contributed by atoms with Gasteiger partial charge in [-0.25, -0.2) is 0 Å². The quantitative estimate of drug-likeness (QED) is 0.166. The van der Waals surface area contributed by atoms with Gasteiger partial charge in [0.25, 0.3) is 0 Å². The van der Waals surface area contributed by atoms with Crippen molar-refractivity contribution >= 4 is 32.7 Å². The Balaban J connectivity index is 0.000000213. The van der Waals surface area contributed by atoms with Crippen molar-refractivity contribution in [2.24, 2.45) is 0 Å². The molecule has 1 aliphatic carbocycles. The Bertz CT molecular complexity index is 2010. The summed E-state index contributed by atoms with van der Waals surface area (Å²) in [7, 11) is 0. The Kier molecular flexibility index (Phi) is 7.54. The summed E-state index contributed by atoms with van der Waals surface area (Å²) in [5.41, 5.74) is 8.82. The van der Waals surface area contributed by atoms with Crippen LogP contribution in [0.3, 0.4) is 0 Å². The number of benzene rings is 4. The van der Waals surface area contributed by atoms with Gasteiger partial charge in [-0.15, -0.1) is 54.1 Å². The molecule has 1 radical (unpaired) electrons. The second-order valence-corrected chi connectivity index (χ2v) is 12.4. The molecule has 0 spiro atoms. The Morgan fingerprint density at radius 1 is 0.651 bits per heavy atom. The predicted octanol–water partition coefficient (Wildman–Crippen LogP) is 10.1. The molecule has 0 atom stereocenters. The topological polar surface area (TPSA) is 38.9 Å². The molecule has 215 valence electrons. The van der Waals surface area contributed by atoms with Gasteiger partial charge in [0, 0.05) is 43.3 Å². The molecule has 3 nitrogen and oxygen atoms in total. The van der Waals surface area contributed by atoms with Crippen molar-refractivity contribution in [3.63, 3.8) is 0 Å². The number of hydrogen-bond acceptors (Lipinski definition) is 3. The van der Waals surface area contributed by atoms with Crippen LogP contribution in [-0.2, 0) is 30.9 Å². The average molecular weight is 737 g/mol. The first-order valence-corrected chi connectivity index (χ1v) is 14.5. The fourth-order valence-electron chi connectivity index (χ4n) is 6.94. The van der Waals surface area contributed by atoms with Gasteiger partial charge in [0.05, 0.1) is 5.58 Å². The molecular formula is C39H32IrN2O-2. The molecule has 3 aromatic heterocycles. The van der Waals surface area contributed by atoms with E-state index in [2.05, 4.69) is 80.1 Å². The third-order valence-corrected chi connectivity index (χ3v) is 8.44. The van der Waals surface area contributed by atoms with E-state index in [9.17, 15) is 0 Å². The number of hydrogen-bond donors (Lipinski definition) is 0. The van der Waals surface area contributed by atoms with Crippen LogP contribution in [0.25, 0.3) is 55.2 Å². The minimum atomic E-state index is 0. The zero-order valence-corrected chi connectivity index (χ0v) is 27.1. The zero-order valence-electron chi connectivity index (χ0n) is 24.7. The van der Waals surface area contributed by atoms with Gasteiger partial charge in [0.1, 0.15) is 5.58 Å². The van der Waals surface area contributed by atoms with E-state index < -0.39 is 0 Å². The van der Waals surface area contributed by atoms with Crippen molar-refractivity contribution in [1.82, 2.24) is 9.97 Å². The van der Waals surface area contributed by atoms with Crippen molar-refractivity contribution in [3.05, 3.63) is 133 Å². The number of aromatic nitrogens is 2. The molecule has 4 aromatic carbocycles. The van der Waals surface area contributed by atoms with Crippen LogP contribution in [0.4, 0.5) is 0 Å². The van der Waals surface area contributed by atoms with E-state index in [0.29, 0.717) is 0 Å². The van der Waals surface area contributed by atoms with Crippen LogP contribution in [-0.4, -0.2) is 9.97 Å². The van der Waals surface area contributed by atoms with E-state index in [0.717, 1.165) is 50.9 Å². The van der Waals surface area contributed by atoms with Gasteiger partial charge in [-0.05, 0) is 57.3 Å². The van der Waals surface area contributed by atoms with Gasteiger partial charge < -0.3 is 14.4 Å². The van der Waals surface area contributed by atoms with Crippen molar-refractivity contribution in [3.8, 4) is 22.5 Å². The molecule has 0 saturated heterocycles. The predicted molar refractivity (Wildman–Crippen MR) is 172 cm³/mol. The number of furan rings is 1. The smallest absolute Gasteiger partial charge is 0.129 e. The van der Waals surface area contributed by atoms with E-state index in [1.54, 1.807) is 6.20 Å². The van der Waals surface area contributed by atoms with Crippen LogP contribution >= 0.6 is 0 Å². The van der Waals surface area contributed by atoms with Crippen molar-refractivity contribution in [2.75, 3.05) is 0 Å². The van der Waals surface area contributed by atoms with Crippen molar-refractivity contribution in [2.45, 2.75) is 44.9 Å². The maximum atomic E-state index is 6.67. The Morgan fingerprint density at radius 2 is 1.35 bits per heavy atom. The van der Waals surface area contributed by atoms with Gasteiger partial charge >= 0.3 is 0 Å². The molecule has 0 amide bonds. The van der Waals surface area contributed by atoms with Gasteiger partial charge in [0.15, 0.2) is 0 Å². The molecule has 8 rings (SSSR count). The molecule has 0 aliphatic heterocycles. The molecule has 1 aliphatic rings. The molecule has 0 unspecified atom stereocenters. The SMILES string of the molecule is CC1(C)CC(C)(C)c2c1ccc1ccc3c4cc[c-]c(-c5ccccn5)c4oc3c21.[Ir].[c-]1ccccc1-c1ccccn1. The Labute approximate surface area is 266 Å². The maximum Gasteiger partial charge on any atom is 0.129 e. The molecule has 0 saturated carbocycles. The number of fused-ring (bicyclic) bond motifs is 7. The van der Waals surface area contributed by atoms with Gasteiger partial charge in [0.2, 0.25) is 0 Å². The Hall–Kier alpha value is -4.11. The van der Waals surface area contributed by atoms with Crippen LogP contribution in [0.15, 0.2) is 114 Å². The van der Waals surface area contributed by atoms with Gasteiger partial charge in [-0.2, -0.15) is 0 Å². The van der Waals surface area contributed by atoms with Crippen molar-refractivity contribution in [1.29, 1.82) is 0 Å². The largest absolute Gasteiger partial charge is 0.500 e. The van der Waals surface area contributed by atoms with Crippen LogP contribution in [0.5, 0.6) is 0 Å². The molecule has 0 bridgehead atoms. The van der Waals surface area contributed by atoms with E-state index >= 15 is 0 Å².